The first-order valence-corrected chi connectivity index (χ1v) is 5.42. The van der Waals surface area contributed by atoms with Crippen LogP contribution >= 0.6 is 0 Å². The normalized spacial score (nSPS) is 9.59. The number of rotatable bonds is 3. The van der Waals surface area contributed by atoms with E-state index in [1.165, 1.54) is 16.9 Å². The molecular formula is C11H15N3O3. The lowest BCUT2D eigenvalue weighted by atomic mass is 10.3. The second-order valence-electron chi connectivity index (χ2n) is 2.82. The number of hydrogen-bond donors (Lipinski definition) is 1. The zero-order valence-corrected chi connectivity index (χ0v) is 10.0. The van der Waals surface area contributed by atoms with Crippen LogP contribution in [0.5, 0.6) is 5.88 Å². The Balaban J connectivity index is 0.000000686. The quantitative estimate of drug-likeness (QED) is 0.881. The number of aromatic nitrogens is 3. The van der Waals surface area contributed by atoms with E-state index >= 15 is 0 Å². The molecule has 0 fully saturated rings. The summed E-state index contributed by atoms with van der Waals surface area (Å²) < 4.78 is 6.57. The third kappa shape index (κ3) is 2.52. The lowest BCUT2D eigenvalue weighted by Crippen LogP contribution is -2.01. The number of carboxylic acid groups (broad SMARTS) is 1. The van der Waals surface area contributed by atoms with Gasteiger partial charge in [0.15, 0.2) is 5.56 Å². The molecule has 0 atom stereocenters. The highest BCUT2D eigenvalue weighted by Crippen LogP contribution is 2.21. The first-order valence-electron chi connectivity index (χ1n) is 5.42. The van der Waals surface area contributed by atoms with E-state index in [-0.39, 0.29) is 11.4 Å². The van der Waals surface area contributed by atoms with Gasteiger partial charge in [0.05, 0.1) is 12.8 Å². The Morgan fingerprint density at radius 2 is 2.24 bits per heavy atom. The minimum atomic E-state index is -1.07. The smallest absolute Gasteiger partial charge is 0.343 e. The van der Waals surface area contributed by atoms with Gasteiger partial charge in [-0.1, -0.05) is 13.8 Å². The van der Waals surface area contributed by atoms with Crippen LogP contribution in [0.15, 0.2) is 18.6 Å². The van der Waals surface area contributed by atoms with Gasteiger partial charge in [-0.3, -0.25) is 4.98 Å². The molecule has 17 heavy (non-hydrogen) atoms. The number of fused-ring (bicyclic) bond motifs is 1. The number of aromatic carboxylic acids is 1. The van der Waals surface area contributed by atoms with Gasteiger partial charge in [0.2, 0.25) is 5.88 Å². The summed E-state index contributed by atoms with van der Waals surface area (Å²) in [5.74, 6) is -0.945. The van der Waals surface area contributed by atoms with E-state index < -0.39 is 5.97 Å². The standard InChI is InChI=1S/C9H9N3O3.C2H6/c1-2-15-8-7(9(13)14)6-5-10-3-4-12(6)11-8;1-2/h3-5H,2H2,1H3,(H,13,14);1-2H3. The minimum Gasteiger partial charge on any atom is -0.477 e. The summed E-state index contributed by atoms with van der Waals surface area (Å²) >= 11 is 0. The van der Waals surface area contributed by atoms with Gasteiger partial charge in [-0.05, 0) is 6.92 Å². The summed E-state index contributed by atoms with van der Waals surface area (Å²) in [5.41, 5.74) is 0.471. The molecule has 92 valence electrons. The van der Waals surface area contributed by atoms with Crippen LogP contribution in [0.3, 0.4) is 0 Å². The first-order chi connectivity index (χ1) is 8.24. The molecule has 6 heteroatoms. The highest BCUT2D eigenvalue weighted by molar-refractivity contribution is 5.98. The van der Waals surface area contributed by atoms with E-state index in [4.69, 9.17) is 9.84 Å². The van der Waals surface area contributed by atoms with E-state index in [0.717, 1.165) is 0 Å². The highest BCUT2D eigenvalue weighted by Gasteiger charge is 2.19. The van der Waals surface area contributed by atoms with Crippen molar-refractivity contribution < 1.29 is 14.6 Å². The number of carboxylic acids is 1. The SMILES string of the molecule is CC.CCOc1nn2ccncc2c1C(=O)O. The number of ether oxygens (including phenoxy) is 1. The van der Waals surface area contributed by atoms with Crippen LogP contribution < -0.4 is 4.74 Å². The van der Waals surface area contributed by atoms with Gasteiger partial charge in [-0.2, -0.15) is 0 Å². The molecular weight excluding hydrogens is 222 g/mol. The predicted octanol–water partition coefficient (Wildman–Crippen LogP) is 1.85. The van der Waals surface area contributed by atoms with Crippen molar-refractivity contribution in [1.29, 1.82) is 0 Å². The van der Waals surface area contributed by atoms with E-state index in [2.05, 4.69) is 10.1 Å². The van der Waals surface area contributed by atoms with Crippen LogP contribution in [-0.4, -0.2) is 32.3 Å². The molecule has 0 unspecified atom stereocenters. The lowest BCUT2D eigenvalue weighted by Gasteiger charge is -1.97. The molecule has 6 nitrogen and oxygen atoms in total. The molecule has 0 saturated carbocycles. The van der Waals surface area contributed by atoms with Gasteiger partial charge in [-0.25, -0.2) is 9.31 Å². The summed E-state index contributed by atoms with van der Waals surface area (Å²) in [4.78, 5) is 14.9. The van der Waals surface area contributed by atoms with Crippen LogP contribution in [0.25, 0.3) is 5.52 Å². The topological polar surface area (TPSA) is 76.7 Å². The van der Waals surface area contributed by atoms with Crippen molar-refractivity contribution in [3.63, 3.8) is 0 Å². The number of nitrogens with zero attached hydrogens (tertiary/aromatic N) is 3. The molecule has 0 aliphatic carbocycles. The van der Waals surface area contributed by atoms with Gasteiger partial charge >= 0.3 is 5.97 Å². The fourth-order valence-corrected chi connectivity index (χ4v) is 1.32. The third-order valence-electron chi connectivity index (χ3n) is 1.90. The maximum atomic E-state index is 11.0. The molecule has 0 aromatic carbocycles. The summed E-state index contributed by atoms with van der Waals surface area (Å²) in [6.45, 7) is 6.14. The van der Waals surface area contributed by atoms with Crippen LogP contribution in [0.4, 0.5) is 0 Å². The van der Waals surface area contributed by atoms with Crippen LogP contribution in [0.1, 0.15) is 31.1 Å². The molecule has 0 aliphatic rings. The zero-order valence-electron chi connectivity index (χ0n) is 10.0. The fourth-order valence-electron chi connectivity index (χ4n) is 1.32. The molecule has 0 saturated heterocycles. The third-order valence-corrected chi connectivity index (χ3v) is 1.90. The largest absolute Gasteiger partial charge is 0.477 e. The Bertz CT molecular complexity index is 508. The molecule has 0 spiro atoms. The second kappa shape index (κ2) is 5.83. The van der Waals surface area contributed by atoms with Gasteiger partial charge in [-0.15, -0.1) is 5.10 Å². The number of hydrogen-bond acceptors (Lipinski definition) is 4. The van der Waals surface area contributed by atoms with Gasteiger partial charge in [0, 0.05) is 12.4 Å². The van der Waals surface area contributed by atoms with Crippen LogP contribution in [0, 0.1) is 0 Å². The predicted molar refractivity (Wildman–Crippen MR) is 62.5 cm³/mol. The van der Waals surface area contributed by atoms with Crippen molar-refractivity contribution in [3.05, 3.63) is 24.2 Å². The molecule has 0 radical (unpaired) electrons. The lowest BCUT2D eigenvalue weighted by molar-refractivity contribution is 0.0694. The summed E-state index contributed by atoms with van der Waals surface area (Å²) in [6.07, 6.45) is 4.55. The zero-order chi connectivity index (χ0) is 12.8. The van der Waals surface area contributed by atoms with E-state index in [9.17, 15) is 4.79 Å². The Labute approximate surface area is 98.9 Å². The molecule has 0 aliphatic heterocycles. The maximum Gasteiger partial charge on any atom is 0.343 e. The highest BCUT2D eigenvalue weighted by atomic mass is 16.5. The Morgan fingerprint density at radius 3 is 2.82 bits per heavy atom. The minimum absolute atomic E-state index is 0.0463. The molecule has 2 heterocycles. The molecule has 0 amide bonds. The Kier molecular flexibility index (Phi) is 4.45. The van der Waals surface area contributed by atoms with Gasteiger partial charge < -0.3 is 9.84 Å². The Hall–Kier alpha value is -2.11. The van der Waals surface area contributed by atoms with Crippen molar-refractivity contribution in [2.45, 2.75) is 20.8 Å². The summed E-state index contributed by atoms with van der Waals surface area (Å²) in [6, 6.07) is 0. The molecule has 2 aromatic rings. The van der Waals surface area contributed by atoms with Gasteiger partial charge in [0.1, 0.15) is 5.52 Å². The van der Waals surface area contributed by atoms with Gasteiger partial charge in [0.25, 0.3) is 0 Å². The monoisotopic (exact) mass is 237 g/mol. The molecule has 0 bridgehead atoms. The average molecular weight is 237 g/mol. The molecule has 2 rings (SSSR count). The number of carbonyl (C=O) groups is 1. The molecule has 2 aromatic heterocycles. The second-order valence-corrected chi connectivity index (χ2v) is 2.82. The summed E-state index contributed by atoms with van der Waals surface area (Å²) in [7, 11) is 0. The average Bonchev–Trinajstić information content (AvgIpc) is 2.70. The van der Waals surface area contributed by atoms with E-state index in [1.54, 1.807) is 13.1 Å². The Morgan fingerprint density at radius 1 is 1.53 bits per heavy atom. The van der Waals surface area contributed by atoms with Crippen molar-refractivity contribution >= 4 is 11.5 Å². The maximum absolute atomic E-state index is 11.0. The van der Waals surface area contributed by atoms with Crippen molar-refractivity contribution in [2.24, 2.45) is 0 Å². The molecule has 1 N–H and O–H groups in total. The van der Waals surface area contributed by atoms with Crippen molar-refractivity contribution in [1.82, 2.24) is 14.6 Å². The van der Waals surface area contributed by atoms with E-state index in [1.807, 2.05) is 13.8 Å². The fraction of sp³-hybridized carbons (Fsp3) is 0.364. The van der Waals surface area contributed by atoms with E-state index in [0.29, 0.717) is 12.1 Å². The summed E-state index contributed by atoms with van der Waals surface area (Å²) in [5, 5.41) is 13.0. The van der Waals surface area contributed by atoms with Crippen molar-refractivity contribution in [3.8, 4) is 5.88 Å². The van der Waals surface area contributed by atoms with Crippen molar-refractivity contribution in [2.75, 3.05) is 6.61 Å². The van der Waals surface area contributed by atoms with Crippen LogP contribution in [-0.2, 0) is 0 Å². The van der Waals surface area contributed by atoms with Crippen LogP contribution in [0.2, 0.25) is 0 Å². The first kappa shape index (κ1) is 13.0.